The van der Waals surface area contributed by atoms with Crippen molar-refractivity contribution in [3.8, 4) is 6.07 Å². The highest BCUT2D eigenvalue weighted by atomic mass is 16.4. The quantitative estimate of drug-likeness (QED) is 0.489. The molecule has 0 saturated carbocycles. The molecule has 0 aliphatic rings. The van der Waals surface area contributed by atoms with Crippen LogP contribution in [0.3, 0.4) is 0 Å². The van der Waals surface area contributed by atoms with Crippen LogP contribution in [0.2, 0.25) is 0 Å². The van der Waals surface area contributed by atoms with Crippen LogP contribution < -0.4 is 0 Å². The van der Waals surface area contributed by atoms with Gasteiger partial charge in [-0.2, -0.15) is 5.26 Å². The largest absolute Gasteiger partial charge is 0.477 e. The first-order chi connectivity index (χ1) is 5.57. The maximum Gasteiger partial charge on any atom is 0.346 e. The maximum absolute atomic E-state index is 10.3. The molecule has 66 valence electrons. The minimum atomic E-state index is -1.16. The number of carboxylic acids is 1. The second kappa shape index (κ2) is 5.33. The third kappa shape index (κ3) is 4.47. The lowest BCUT2D eigenvalue weighted by atomic mass is 10.2. The van der Waals surface area contributed by atoms with Crippen LogP contribution in [0, 0.1) is 11.3 Å². The van der Waals surface area contributed by atoms with Crippen molar-refractivity contribution < 1.29 is 9.90 Å². The molecule has 0 bridgehead atoms. The molecule has 0 spiro atoms. The molecule has 12 heavy (non-hydrogen) atoms. The molecule has 0 aromatic carbocycles. The molecule has 0 radical (unpaired) electrons. The van der Waals surface area contributed by atoms with Crippen molar-refractivity contribution >= 4 is 5.97 Å². The van der Waals surface area contributed by atoms with Crippen LogP contribution in [0.4, 0.5) is 0 Å². The molecule has 0 aromatic heterocycles. The van der Waals surface area contributed by atoms with Gasteiger partial charge in [-0.1, -0.05) is 6.08 Å². The lowest BCUT2D eigenvalue weighted by Crippen LogP contribution is -2.12. The van der Waals surface area contributed by atoms with E-state index in [1.807, 2.05) is 19.0 Å². The van der Waals surface area contributed by atoms with Crippen molar-refractivity contribution in [3.05, 3.63) is 11.6 Å². The van der Waals surface area contributed by atoms with E-state index in [1.54, 1.807) is 6.07 Å². The van der Waals surface area contributed by atoms with E-state index in [1.165, 1.54) is 6.08 Å². The van der Waals surface area contributed by atoms with Crippen LogP contribution in [0.25, 0.3) is 0 Å². The molecule has 0 rings (SSSR count). The van der Waals surface area contributed by atoms with E-state index in [0.29, 0.717) is 6.42 Å². The first-order valence-corrected chi connectivity index (χ1v) is 3.56. The topological polar surface area (TPSA) is 64.3 Å². The molecule has 0 unspecified atom stereocenters. The fourth-order valence-electron chi connectivity index (χ4n) is 0.648. The minimum absolute atomic E-state index is 0.183. The predicted octanol–water partition coefficient (Wildman–Crippen LogP) is 0.473. The molecular weight excluding hydrogens is 156 g/mol. The molecule has 0 heterocycles. The van der Waals surface area contributed by atoms with Gasteiger partial charge in [0.15, 0.2) is 0 Å². The molecule has 0 aliphatic heterocycles. The summed E-state index contributed by atoms with van der Waals surface area (Å²) in [6, 6.07) is 1.62. The molecular formula is C8H12N2O2. The van der Waals surface area contributed by atoms with Crippen molar-refractivity contribution in [2.24, 2.45) is 0 Å². The molecule has 0 amide bonds. The summed E-state index contributed by atoms with van der Waals surface area (Å²) < 4.78 is 0. The van der Waals surface area contributed by atoms with Crippen LogP contribution in [0.15, 0.2) is 11.6 Å². The Morgan fingerprint density at radius 1 is 1.67 bits per heavy atom. The maximum atomic E-state index is 10.3. The molecule has 0 atom stereocenters. The third-order valence-electron chi connectivity index (χ3n) is 1.28. The fraction of sp³-hybridized carbons (Fsp3) is 0.500. The van der Waals surface area contributed by atoms with E-state index < -0.39 is 5.97 Å². The molecule has 0 aliphatic carbocycles. The Kier molecular flexibility index (Phi) is 4.73. The summed E-state index contributed by atoms with van der Waals surface area (Å²) in [5, 5.41) is 16.8. The Bertz CT molecular complexity index is 226. The highest BCUT2D eigenvalue weighted by Gasteiger charge is 2.03. The Morgan fingerprint density at radius 2 is 2.25 bits per heavy atom. The van der Waals surface area contributed by atoms with Crippen molar-refractivity contribution in [1.29, 1.82) is 5.26 Å². The van der Waals surface area contributed by atoms with Crippen molar-refractivity contribution in [2.75, 3.05) is 20.6 Å². The van der Waals surface area contributed by atoms with Gasteiger partial charge in [0.2, 0.25) is 0 Å². The van der Waals surface area contributed by atoms with Crippen LogP contribution in [-0.4, -0.2) is 36.6 Å². The smallest absolute Gasteiger partial charge is 0.346 e. The summed E-state index contributed by atoms with van der Waals surface area (Å²) in [5.74, 6) is -1.16. The summed E-state index contributed by atoms with van der Waals surface area (Å²) >= 11 is 0. The van der Waals surface area contributed by atoms with Gasteiger partial charge in [-0.15, -0.1) is 0 Å². The van der Waals surface area contributed by atoms with Crippen LogP contribution in [-0.2, 0) is 4.79 Å². The summed E-state index contributed by atoms with van der Waals surface area (Å²) in [5.41, 5.74) is -0.183. The van der Waals surface area contributed by atoms with Gasteiger partial charge in [0.25, 0.3) is 0 Å². The number of carboxylic acid groups (broad SMARTS) is 1. The number of nitrogens with zero attached hydrogens (tertiary/aromatic N) is 2. The number of hydrogen-bond donors (Lipinski definition) is 1. The second-order valence-corrected chi connectivity index (χ2v) is 2.63. The van der Waals surface area contributed by atoms with E-state index in [2.05, 4.69) is 0 Å². The highest BCUT2D eigenvalue weighted by molar-refractivity contribution is 5.90. The second-order valence-electron chi connectivity index (χ2n) is 2.63. The zero-order valence-electron chi connectivity index (χ0n) is 7.24. The van der Waals surface area contributed by atoms with Crippen molar-refractivity contribution in [3.63, 3.8) is 0 Å². The Labute approximate surface area is 71.7 Å². The first-order valence-electron chi connectivity index (χ1n) is 3.56. The number of aliphatic carboxylic acids is 1. The first kappa shape index (κ1) is 10.7. The van der Waals surface area contributed by atoms with E-state index in [0.717, 1.165) is 6.54 Å². The SMILES string of the molecule is CN(C)CCC=C(C#N)C(=O)O. The van der Waals surface area contributed by atoms with E-state index >= 15 is 0 Å². The summed E-state index contributed by atoms with van der Waals surface area (Å²) in [7, 11) is 3.78. The molecule has 0 saturated heterocycles. The van der Waals surface area contributed by atoms with Crippen molar-refractivity contribution in [1.82, 2.24) is 4.90 Å². The summed E-state index contributed by atoms with van der Waals surface area (Å²) in [4.78, 5) is 12.2. The Hall–Kier alpha value is -1.34. The van der Waals surface area contributed by atoms with Crippen molar-refractivity contribution in [2.45, 2.75) is 6.42 Å². The normalized spacial score (nSPS) is 11.3. The summed E-state index contributed by atoms with van der Waals surface area (Å²) in [6.07, 6.45) is 2.02. The highest BCUT2D eigenvalue weighted by Crippen LogP contribution is 1.95. The standard InChI is InChI=1S/C8H12N2O2/c1-10(2)5-3-4-7(6-9)8(11)12/h4H,3,5H2,1-2H3,(H,11,12). The lowest BCUT2D eigenvalue weighted by Gasteiger charge is -2.05. The predicted molar refractivity (Wildman–Crippen MR) is 44.5 cm³/mol. The van der Waals surface area contributed by atoms with Gasteiger partial charge in [0.1, 0.15) is 11.6 Å². The number of nitriles is 1. The molecule has 0 fully saturated rings. The van der Waals surface area contributed by atoms with Gasteiger partial charge in [-0.05, 0) is 20.5 Å². The van der Waals surface area contributed by atoms with Gasteiger partial charge in [-0.25, -0.2) is 4.79 Å². The van der Waals surface area contributed by atoms with Crippen LogP contribution >= 0.6 is 0 Å². The average Bonchev–Trinajstić information content (AvgIpc) is 1.96. The molecule has 0 aromatic rings. The fourth-order valence-corrected chi connectivity index (χ4v) is 0.648. The van der Waals surface area contributed by atoms with E-state index in [4.69, 9.17) is 10.4 Å². The van der Waals surface area contributed by atoms with E-state index in [9.17, 15) is 4.79 Å². The van der Waals surface area contributed by atoms with Gasteiger partial charge in [0.05, 0.1) is 0 Å². The molecule has 1 N–H and O–H groups in total. The lowest BCUT2D eigenvalue weighted by molar-refractivity contribution is -0.132. The van der Waals surface area contributed by atoms with Gasteiger partial charge >= 0.3 is 5.97 Å². The number of rotatable bonds is 4. The van der Waals surface area contributed by atoms with E-state index in [-0.39, 0.29) is 5.57 Å². The van der Waals surface area contributed by atoms with Gasteiger partial charge in [-0.3, -0.25) is 0 Å². The van der Waals surface area contributed by atoms with Gasteiger partial charge < -0.3 is 10.0 Å². The third-order valence-corrected chi connectivity index (χ3v) is 1.28. The number of hydrogen-bond acceptors (Lipinski definition) is 3. The molecule has 4 heteroatoms. The zero-order chi connectivity index (χ0) is 9.56. The van der Waals surface area contributed by atoms with Crippen LogP contribution in [0.5, 0.6) is 0 Å². The van der Waals surface area contributed by atoms with Crippen LogP contribution in [0.1, 0.15) is 6.42 Å². The van der Waals surface area contributed by atoms with Gasteiger partial charge in [0, 0.05) is 6.54 Å². The average molecular weight is 168 g/mol. The minimum Gasteiger partial charge on any atom is -0.477 e. The zero-order valence-corrected chi connectivity index (χ0v) is 7.24. The molecule has 4 nitrogen and oxygen atoms in total. The Morgan fingerprint density at radius 3 is 2.58 bits per heavy atom. The Balaban J connectivity index is 3.98. The number of carbonyl (C=O) groups is 1. The summed E-state index contributed by atoms with van der Waals surface area (Å²) in [6.45, 7) is 0.748. The monoisotopic (exact) mass is 168 g/mol.